The van der Waals surface area contributed by atoms with Crippen molar-refractivity contribution < 1.29 is 4.42 Å². The molecule has 4 aliphatic carbocycles. The molecule has 392 valence electrons. The molecule has 0 bridgehead atoms. The third-order valence-electron chi connectivity index (χ3n) is 20.1. The van der Waals surface area contributed by atoms with Crippen molar-refractivity contribution in [2.24, 2.45) is 0 Å². The number of hydrogen-bond donors (Lipinski definition) is 1. The highest BCUT2D eigenvalue weighted by atomic mass is 16.3. The van der Waals surface area contributed by atoms with Gasteiger partial charge in [0.1, 0.15) is 5.58 Å². The van der Waals surface area contributed by atoms with Crippen molar-refractivity contribution in [1.82, 2.24) is 0 Å². The minimum absolute atomic E-state index is 0.0193. The van der Waals surface area contributed by atoms with E-state index in [4.69, 9.17) is 4.42 Å². The molecule has 0 saturated heterocycles. The van der Waals surface area contributed by atoms with Crippen LogP contribution in [0.25, 0.3) is 22.6 Å². The van der Waals surface area contributed by atoms with Gasteiger partial charge >= 0.3 is 0 Å². The summed E-state index contributed by atoms with van der Waals surface area (Å²) < 4.78 is 7.84. The zero-order chi connectivity index (χ0) is 54.0. The fourth-order valence-corrected chi connectivity index (χ4v) is 14.8. The van der Waals surface area contributed by atoms with Crippen LogP contribution in [0.1, 0.15) is 211 Å². The van der Waals surface area contributed by atoms with Crippen molar-refractivity contribution in [3.63, 3.8) is 0 Å². The summed E-state index contributed by atoms with van der Waals surface area (Å²) >= 11 is 0. The molecule has 2 heterocycles. The van der Waals surface area contributed by atoms with E-state index in [1.807, 2.05) is 0 Å². The molecule has 0 unspecified atom stereocenters. The second-order valence-electron chi connectivity index (χ2n) is 29.5. The van der Waals surface area contributed by atoms with Crippen molar-refractivity contribution in [3.8, 4) is 0 Å². The number of nitrogens with one attached hydrogen (secondary N) is 1. The van der Waals surface area contributed by atoms with Crippen LogP contribution in [0, 0.1) is 13.8 Å². The topological polar surface area (TPSA) is 28.4 Å². The lowest BCUT2D eigenvalue weighted by Gasteiger charge is -2.44. The van der Waals surface area contributed by atoms with Crippen LogP contribution < -0.4 is 37.2 Å². The molecule has 1 N–H and O–H groups in total. The largest absolute Gasteiger partial charge is 0.468 e. The molecule has 1 aliphatic heterocycles. The molecule has 0 atom stereocenters. The Bertz CT molecular complexity index is 3710. The first kappa shape index (κ1) is 51.0. The van der Waals surface area contributed by atoms with Gasteiger partial charge in [-0.25, -0.2) is 0 Å². The standard InChI is InChI=1S/C72H85BN2O/c1-43-35-60(74-59-28-25-46(66(3,4)5)38-50(59)49-24-20-22-45-21-18-19-23-48(45)49)63-61(36-43)75(47-26-27-52-54(39-47)69(10,11)30-29-67(52,6)7)64-51-40-55-57(72(16,17)34-32-70(55,12)13)42-62(51)76-65(64)73(63)58-41-56-53(37-44(58)2)68(8,9)31-33-71(56,14)15/h18-19,21-23,25-28,35-42,74H,20,24,29-34H2,1-17H3. The average Bonchev–Trinajstić information content (AvgIpc) is 3.97. The van der Waals surface area contributed by atoms with Crippen LogP contribution in [0.3, 0.4) is 0 Å². The highest BCUT2D eigenvalue weighted by molar-refractivity contribution is 6.98. The molecular weight excluding hydrogens is 920 g/mol. The molecule has 4 heteroatoms. The van der Waals surface area contributed by atoms with E-state index in [0.717, 1.165) is 61.1 Å². The highest BCUT2D eigenvalue weighted by Gasteiger charge is 2.47. The molecule has 0 radical (unpaired) electrons. The maximum absolute atomic E-state index is 7.84. The Balaban J connectivity index is 1.20. The molecule has 0 fully saturated rings. The average molecular weight is 1010 g/mol. The number of aryl methyl sites for hydroxylation is 2. The summed E-state index contributed by atoms with van der Waals surface area (Å²) in [5, 5.41) is 8.22. The first-order chi connectivity index (χ1) is 35.6. The number of rotatable bonds is 5. The zero-order valence-corrected chi connectivity index (χ0v) is 49.4. The van der Waals surface area contributed by atoms with Crippen molar-refractivity contribution >= 4 is 74.4 Å². The SMILES string of the molecule is Cc1cc(Nc2ccc(C(C)(C)C)cc2C2=c3ccccc3=CCC2)c2c(c1)N(c1ccc3c(c1)C(C)(C)CCC3(C)C)c1c(oc3cc4c(cc13)C(C)(C)CCC4(C)C)B2c1cc2c(cc1C)C(C)(C)CCC2(C)C. The van der Waals surface area contributed by atoms with Gasteiger partial charge in [0, 0.05) is 33.7 Å². The summed E-state index contributed by atoms with van der Waals surface area (Å²) in [6.45, 7) is 41.1. The third kappa shape index (κ3) is 8.02. The summed E-state index contributed by atoms with van der Waals surface area (Å²) in [7, 11) is 0. The maximum Gasteiger partial charge on any atom is 0.295 e. The minimum atomic E-state index is -0.205. The Labute approximate surface area is 456 Å². The van der Waals surface area contributed by atoms with Gasteiger partial charge in [-0.1, -0.05) is 169 Å². The molecule has 5 aliphatic rings. The molecule has 0 saturated carbocycles. The number of nitrogens with zero attached hydrogens (tertiary/aromatic N) is 1. The van der Waals surface area contributed by atoms with Crippen LogP contribution in [0.15, 0.2) is 101 Å². The summed E-state index contributed by atoms with van der Waals surface area (Å²) in [5.74, 6) is 0. The Morgan fingerprint density at radius 3 is 1.79 bits per heavy atom. The second-order valence-corrected chi connectivity index (χ2v) is 29.5. The van der Waals surface area contributed by atoms with Gasteiger partial charge in [0.2, 0.25) is 0 Å². The van der Waals surface area contributed by atoms with Gasteiger partial charge in [-0.15, -0.1) is 0 Å². The molecule has 7 aromatic rings. The van der Waals surface area contributed by atoms with Gasteiger partial charge in [-0.3, -0.25) is 0 Å². The van der Waals surface area contributed by atoms with E-state index in [0.29, 0.717) is 0 Å². The van der Waals surface area contributed by atoms with Crippen LogP contribution in [-0.4, -0.2) is 6.71 Å². The predicted molar refractivity (Wildman–Crippen MR) is 328 cm³/mol. The lowest BCUT2D eigenvalue weighted by Crippen LogP contribution is -2.58. The monoisotopic (exact) mass is 1000 g/mol. The minimum Gasteiger partial charge on any atom is -0.468 e. The van der Waals surface area contributed by atoms with Crippen LogP contribution in [0.4, 0.5) is 28.4 Å². The Morgan fingerprint density at radius 2 is 1.14 bits per heavy atom. The first-order valence-electron chi connectivity index (χ1n) is 29.1. The molecule has 12 rings (SSSR count). The highest BCUT2D eigenvalue weighted by Crippen LogP contribution is 2.53. The van der Waals surface area contributed by atoms with Crippen LogP contribution in [0.5, 0.6) is 0 Å². The van der Waals surface area contributed by atoms with E-state index in [2.05, 4.69) is 231 Å². The summed E-state index contributed by atoms with van der Waals surface area (Å²) in [6, 6.07) is 39.0. The van der Waals surface area contributed by atoms with Crippen molar-refractivity contribution in [1.29, 1.82) is 0 Å². The molecular formula is C72H85BN2O. The first-order valence-corrected chi connectivity index (χ1v) is 29.1. The predicted octanol–water partition coefficient (Wildman–Crippen LogP) is 16.2. The van der Waals surface area contributed by atoms with Gasteiger partial charge in [-0.05, 0) is 218 Å². The fraction of sp³-hybridized carbons (Fsp3) is 0.444. The van der Waals surface area contributed by atoms with Gasteiger partial charge < -0.3 is 14.6 Å². The van der Waals surface area contributed by atoms with Crippen LogP contribution in [0.2, 0.25) is 0 Å². The van der Waals surface area contributed by atoms with E-state index >= 15 is 0 Å². The van der Waals surface area contributed by atoms with Crippen molar-refractivity contribution in [2.75, 3.05) is 10.2 Å². The number of hydrogen-bond acceptors (Lipinski definition) is 3. The fourth-order valence-electron chi connectivity index (χ4n) is 14.8. The quantitative estimate of drug-likeness (QED) is 0.174. The van der Waals surface area contributed by atoms with Gasteiger partial charge in [0.15, 0.2) is 0 Å². The molecule has 76 heavy (non-hydrogen) atoms. The second kappa shape index (κ2) is 16.9. The lowest BCUT2D eigenvalue weighted by molar-refractivity contribution is 0.332. The van der Waals surface area contributed by atoms with E-state index in [-0.39, 0.29) is 44.6 Å². The third-order valence-corrected chi connectivity index (χ3v) is 20.1. The smallest absolute Gasteiger partial charge is 0.295 e. The zero-order valence-electron chi connectivity index (χ0n) is 49.4. The van der Waals surface area contributed by atoms with Gasteiger partial charge in [0.25, 0.3) is 6.71 Å². The molecule has 3 nitrogen and oxygen atoms in total. The van der Waals surface area contributed by atoms with Crippen LogP contribution >= 0.6 is 0 Å². The number of benzene rings is 6. The molecule has 1 aromatic heterocycles. The van der Waals surface area contributed by atoms with E-state index in [1.54, 1.807) is 0 Å². The number of anilines is 5. The molecule has 0 amide bonds. The molecule has 0 spiro atoms. The Hall–Kier alpha value is -5.74. The summed E-state index contributed by atoms with van der Waals surface area (Å²) in [4.78, 5) is 2.66. The Kier molecular flexibility index (Phi) is 11.3. The lowest BCUT2D eigenvalue weighted by atomic mass is 9.35. The Morgan fingerprint density at radius 1 is 0.566 bits per heavy atom. The number of fused-ring (bicyclic) bond motifs is 8. The normalized spacial score (nSPS) is 20.1. The van der Waals surface area contributed by atoms with Crippen molar-refractivity contribution in [2.45, 2.75) is 207 Å². The maximum atomic E-state index is 7.84. The number of furan rings is 1. The summed E-state index contributed by atoms with van der Waals surface area (Å²) in [6.07, 6.45) is 11.4. The van der Waals surface area contributed by atoms with Crippen LogP contribution in [-0.2, 0) is 37.9 Å². The van der Waals surface area contributed by atoms with E-state index in [9.17, 15) is 0 Å². The van der Waals surface area contributed by atoms with Crippen molar-refractivity contribution in [3.05, 3.63) is 163 Å². The van der Waals surface area contributed by atoms with Gasteiger partial charge in [-0.2, -0.15) is 0 Å². The molecule has 6 aromatic carbocycles. The van der Waals surface area contributed by atoms with E-state index in [1.165, 1.54) is 118 Å². The summed E-state index contributed by atoms with van der Waals surface area (Å²) in [5.41, 5.74) is 26.2. The van der Waals surface area contributed by atoms with E-state index < -0.39 is 0 Å². The van der Waals surface area contributed by atoms with Gasteiger partial charge in [0.05, 0.1) is 11.3 Å².